The van der Waals surface area contributed by atoms with Crippen molar-refractivity contribution in [1.29, 1.82) is 0 Å². The average molecular weight is 361 g/mol. The van der Waals surface area contributed by atoms with Gasteiger partial charge in [-0.1, -0.05) is 48.6 Å². The largest absolute Gasteiger partial charge is 0.353 e. The summed E-state index contributed by atoms with van der Waals surface area (Å²) in [5, 5.41) is 2.25. The van der Waals surface area contributed by atoms with Crippen LogP contribution in [0.15, 0.2) is 42.5 Å². The van der Waals surface area contributed by atoms with Crippen LogP contribution in [0.4, 0.5) is 5.69 Å². The van der Waals surface area contributed by atoms with Gasteiger partial charge in [0, 0.05) is 11.3 Å². The number of fused-ring (bicyclic) bond motifs is 10. The summed E-state index contributed by atoms with van der Waals surface area (Å²) in [6.45, 7) is 2.01. The first-order valence-electron chi connectivity index (χ1n) is 9.45. The maximum absolute atomic E-state index is 13.0. The molecule has 5 heteroatoms. The Morgan fingerprint density at radius 3 is 2.89 bits per heavy atom. The van der Waals surface area contributed by atoms with E-state index in [4.69, 9.17) is 9.47 Å². The molecule has 5 nitrogen and oxygen atoms in total. The van der Waals surface area contributed by atoms with E-state index in [1.165, 1.54) is 0 Å². The molecule has 6 rings (SSSR count). The molecule has 6 atom stereocenters. The van der Waals surface area contributed by atoms with E-state index in [1.54, 1.807) is 6.92 Å². The monoisotopic (exact) mass is 361 g/mol. The molecular weight excluding hydrogens is 342 g/mol. The summed E-state index contributed by atoms with van der Waals surface area (Å²) in [5.41, 5.74) is 2.14. The molecule has 0 spiro atoms. The van der Waals surface area contributed by atoms with E-state index in [0.29, 0.717) is 6.61 Å². The molecule has 3 fully saturated rings. The van der Waals surface area contributed by atoms with Gasteiger partial charge in [-0.15, -0.1) is 0 Å². The van der Waals surface area contributed by atoms with Crippen molar-refractivity contribution in [1.82, 2.24) is 0 Å². The lowest BCUT2D eigenvalue weighted by Gasteiger charge is -2.36. The number of Topliss-reactive ketones (excluding diaryl/α,β-unsaturated/α-hetero) is 2. The van der Waals surface area contributed by atoms with Crippen LogP contribution < -0.4 is 4.90 Å². The highest BCUT2D eigenvalue weighted by atomic mass is 16.7. The molecule has 2 bridgehead atoms. The summed E-state index contributed by atoms with van der Waals surface area (Å²) in [6, 6.07) is 11.9. The minimum atomic E-state index is -0.772. The summed E-state index contributed by atoms with van der Waals surface area (Å²) >= 11 is 0. The molecule has 27 heavy (non-hydrogen) atoms. The van der Waals surface area contributed by atoms with Crippen molar-refractivity contribution in [2.75, 3.05) is 11.5 Å². The minimum absolute atomic E-state index is 0.0270. The standard InChI is InChI=1S/C22H19NO4/c1-11(24)19-18-16-10-26-22(27-16)21(25)17(18)15-9-8-13-7-6-12-4-2-3-5-14(12)20(13)23(15)19/h2-9,15-19,22H,10H2,1H3/t15-,16+,17-,18-,19-,22+/m1/s1. The number of carbonyl (C=O) groups is 2. The Morgan fingerprint density at radius 1 is 1.19 bits per heavy atom. The van der Waals surface area contributed by atoms with E-state index in [-0.39, 0.29) is 41.6 Å². The lowest BCUT2D eigenvalue weighted by atomic mass is 9.78. The van der Waals surface area contributed by atoms with Crippen LogP contribution in [0.3, 0.4) is 0 Å². The second-order valence-electron chi connectivity index (χ2n) is 7.88. The summed E-state index contributed by atoms with van der Waals surface area (Å²) in [5.74, 6) is -0.397. The fourth-order valence-electron chi connectivity index (χ4n) is 5.55. The Kier molecular flexibility index (Phi) is 3.04. The maximum Gasteiger partial charge on any atom is 0.218 e. The Balaban J connectivity index is 1.61. The third-order valence-electron chi connectivity index (χ3n) is 6.55. The topological polar surface area (TPSA) is 55.8 Å². The van der Waals surface area contributed by atoms with Crippen LogP contribution in [0.1, 0.15) is 12.5 Å². The molecule has 2 aromatic rings. The van der Waals surface area contributed by atoms with Gasteiger partial charge in [-0.3, -0.25) is 9.59 Å². The van der Waals surface area contributed by atoms with Crippen molar-refractivity contribution < 1.29 is 19.1 Å². The number of benzene rings is 2. The van der Waals surface area contributed by atoms with Crippen LogP contribution in [0.25, 0.3) is 16.8 Å². The second kappa shape index (κ2) is 5.27. The van der Waals surface area contributed by atoms with Crippen LogP contribution in [-0.4, -0.2) is 42.7 Å². The molecule has 136 valence electrons. The molecule has 4 heterocycles. The Hall–Kier alpha value is -2.50. The molecule has 0 N–H and O–H groups in total. The van der Waals surface area contributed by atoms with Crippen molar-refractivity contribution in [3.63, 3.8) is 0 Å². The zero-order valence-corrected chi connectivity index (χ0v) is 14.9. The van der Waals surface area contributed by atoms with Gasteiger partial charge in [0.15, 0.2) is 11.6 Å². The lowest BCUT2D eigenvalue weighted by molar-refractivity contribution is -0.164. The number of nitrogens with zero attached hydrogens (tertiary/aromatic N) is 1. The van der Waals surface area contributed by atoms with Gasteiger partial charge in [0.25, 0.3) is 0 Å². The molecule has 4 aliphatic rings. The first-order valence-corrected chi connectivity index (χ1v) is 9.45. The van der Waals surface area contributed by atoms with Crippen molar-refractivity contribution in [3.05, 3.63) is 48.0 Å². The number of hydrogen-bond acceptors (Lipinski definition) is 5. The highest BCUT2D eigenvalue weighted by molar-refractivity contribution is 6.04. The molecular formula is C22H19NO4. The molecule has 0 aromatic heterocycles. The maximum atomic E-state index is 13.0. The molecule has 0 unspecified atom stereocenters. The number of ketones is 2. The van der Waals surface area contributed by atoms with E-state index in [9.17, 15) is 9.59 Å². The van der Waals surface area contributed by atoms with Gasteiger partial charge in [0.1, 0.15) is 0 Å². The lowest BCUT2D eigenvalue weighted by Crippen LogP contribution is -2.48. The van der Waals surface area contributed by atoms with Gasteiger partial charge < -0.3 is 14.4 Å². The third-order valence-corrected chi connectivity index (χ3v) is 6.55. The quantitative estimate of drug-likeness (QED) is 0.781. The molecule has 4 aliphatic heterocycles. The van der Waals surface area contributed by atoms with E-state index in [1.807, 2.05) is 12.1 Å². The second-order valence-corrected chi connectivity index (χ2v) is 7.88. The number of anilines is 1. The Morgan fingerprint density at radius 2 is 2.04 bits per heavy atom. The highest BCUT2D eigenvalue weighted by Crippen LogP contribution is 2.51. The number of carbonyl (C=O) groups excluding carboxylic acids is 2. The predicted octanol–water partition coefficient (Wildman–Crippen LogP) is 2.57. The van der Waals surface area contributed by atoms with Gasteiger partial charge in [-0.05, 0) is 17.9 Å². The first kappa shape index (κ1) is 15.5. The molecule has 0 radical (unpaired) electrons. The van der Waals surface area contributed by atoms with Crippen molar-refractivity contribution in [2.24, 2.45) is 11.8 Å². The molecule has 0 amide bonds. The first-order chi connectivity index (χ1) is 13.1. The molecule has 2 aromatic carbocycles. The van der Waals surface area contributed by atoms with Crippen molar-refractivity contribution in [3.8, 4) is 0 Å². The number of ether oxygens (including phenoxy) is 2. The van der Waals surface area contributed by atoms with Crippen LogP contribution >= 0.6 is 0 Å². The van der Waals surface area contributed by atoms with E-state index < -0.39 is 6.29 Å². The smallest absolute Gasteiger partial charge is 0.218 e. The van der Waals surface area contributed by atoms with Gasteiger partial charge in [-0.2, -0.15) is 0 Å². The summed E-state index contributed by atoms with van der Waals surface area (Å²) in [4.78, 5) is 28.0. The van der Waals surface area contributed by atoms with Crippen LogP contribution in [-0.2, 0) is 19.1 Å². The van der Waals surface area contributed by atoms with Crippen LogP contribution in [0, 0.1) is 11.8 Å². The molecule has 3 saturated heterocycles. The minimum Gasteiger partial charge on any atom is -0.353 e. The van der Waals surface area contributed by atoms with Crippen molar-refractivity contribution in [2.45, 2.75) is 31.4 Å². The van der Waals surface area contributed by atoms with E-state index >= 15 is 0 Å². The van der Waals surface area contributed by atoms with Gasteiger partial charge >= 0.3 is 0 Å². The van der Waals surface area contributed by atoms with E-state index in [0.717, 1.165) is 22.0 Å². The summed E-state index contributed by atoms with van der Waals surface area (Å²) in [7, 11) is 0. The SMILES string of the molecule is CC(=O)[C@@H]1[C@H]2[C@H](C(=O)[C@H]3OC[C@@H]2O3)[C@H]2C=Cc3ccc4ccccc4c3N21. The fraction of sp³-hybridized carbons (Fsp3) is 0.364. The summed E-state index contributed by atoms with van der Waals surface area (Å²) < 4.78 is 11.4. The fourth-order valence-corrected chi connectivity index (χ4v) is 5.55. The van der Waals surface area contributed by atoms with Gasteiger partial charge in [0.2, 0.25) is 6.29 Å². The van der Waals surface area contributed by atoms with Crippen LogP contribution in [0.5, 0.6) is 0 Å². The number of rotatable bonds is 1. The highest BCUT2D eigenvalue weighted by Gasteiger charge is 2.63. The average Bonchev–Trinajstić information content (AvgIpc) is 3.26. The zero-order valence-electron chi connectivity index (χ0n) is 14.9. The molecule has 0 saturated carbocycles. The zero-order chi connectivity index (χ0) is 18.3. The normalized spacial score (nSPS) is 35.9. The van der Waals surface area contributed by atoms with Crippen molar-refractivity contribution >= 4 is 34.1 Å². The Bertz CT molecular complexity index is 1030. The number of hydrogen-bond donors (Lipinski definition) is 0. The van der Waals surface area contributed by atoms with Crippen LogP contribution in [0.2, 0.25) is 0 Å². The summed E-state index contributed by atoms with van der Waals surface area (Å²) in [6.07, 6.45) is 3.20. The predicted molar refractivity (Wildman–Crippen MR) is 100 cm³/mol. The molecule has 0 aliphatic carbocycles. The third kappa shape index (κ3) is 1.91. The van der Waals surface area contributed by atoms with E-state index in [2.05, 4.69) is 41.3 Å². The Labute approximate surface area is 156 Å². The van der Waals surface area contributed by atoms with Gasteiger partial charge in [0.05, 0.1) is 36.4 Å². The van der Waals surface area contributed by atoms with Gasteiger partial charge in [-0.25, -0.2) is 0 Å².